The molecule has 21 heavy (non-hydrogen) atoms. The lowest BCUT2D eigenvalue weighted by atomic mass is 9.85. The van der Waals surface area contributed by atoms with E-state index in [-0.39, 0.29) is 12.1 Å². The van der Waals surface area contributed by atoms with E-state index in [0.717, 1.165) is 38.8 Å². The number of carboxylic acids is 1. The maximum absolute atomic E-state index is 12.0. The van der Waals surface area contributed by atoms with Crippen LogP contribution >= 0.6 is 0 Å². The molecule has 6 nitrogen and oxygen atoms in total. The lowest BCUT2D eigenvalue weighted by molar-refractivity contribution is -0.148. The van der Waals surface area contributed by atoms with Crippen LogP contribution in [-0.4, -0.2) is 54.7 Å². The summed E-state index contributed by atoms with van der Waals surface area (Å²) in [6.07, 6.45) is 4.43. The number of aliphatic carboxylic acids is 1. The third-order valence-electron chi connectivity index (χ3n) is 5.14. The van der Waals surface area contributed by atoms with Gasteiger partial charge in [-0.1, -0.05) is 6.42 Å². The second-order valence-corrected chi connectivity index (χ2v) is 6.77. The number of nitrogens with zero attached hydrogens (tertiary/aromatic N) is 1. The van der Waals surface area contributed by atoms with Crippen LogP contribution in [0.2, 0.25) is 0 Å². The number of urea groups is 1. The molecule has 1 saturated carbocycles. The number of amides is 2. The molecule has 1 heterocycles. The van der Waals surface area contributed by atoms with E-state index in [2.05, 4.69) is 22.6 Å². The van der Waals surface area contributed by atoms with Crippen molar-refractivity contribution < 1.29 is 14.7 Å². The molecule has 1 saturated heterocycles. The minimum atomic E-state index is -0.828. The number of rotatable bonds is 4. The average molecular weight is 297 g/mol. The molecule has 6 heteroatoms. The Labute approximate surface area is 126 Å². The van der Waals surface area contributed by atoms with E-state index < -0.39 is 11.4 Å². The Morgan fingerprint density at radius 1 is 1.29 bits per heavy atom. The molecule has 0 aromatic rings. The van der Waals surface area contributed by atoms with Gasteiger partial charge < -0.3 is 20.6 Å². The van der Waals surface area contributed by atoms with Gasteiger partial charge in [0.1, 0.15) is 0 Å². The van der Waals surface area contributed by atoms with Gasteiger partial charge in [-0.3, -0.25) is 4.79 Å². The lowest BCUT2D eigenvalue weighted by Crippen LogP contribution is -2.51. The molecule has 2 fully saturated rings. The molecule has 0 bridgehead atoms. The van der Waals surface area contributed by atoms with Gasteiger partial charge in [-0.25, -0.2) is 4.79 Å². The molecule has 0 radical (unpaired) electrons. The third kappa shape index (κ3) is 3.87. The summed E-state index contributed by atoms with van der Waals surface area (Å²) in [6, 6.07) is -0.499. The average Bonchev–Trinajstić information content (AvgIpc) is 2.81. The highest BCUT2D eigenvalue weighted by Crippen LogP contribution is 2.38. The molecule has 0 spiro atoms. The minimum Gasteiger partial charge on any atom is -0.481 e. The van der Waals surface area contributed by atoms with Crippen LogP contribution in [0.4, 0.5) is 4.79 Å². The molecule has 2 atom stereocenters. The van der Waals surface area contributed by atoms with Crippen molar-refractivity contribution in [1.82, 2.24) is 15.5 Å². The standard InChI is InChI=1S/C15H27N3O3/c1-15(13(19)20)7-3-4-12(15)17-14(21)16-10-11-5-8-18(2)9-6-11/h11-12H,3-10H2,1-2H3,(H,19,20)(H2,16,17,21). The SMILES string of the molecule is CN1CCC(CNC(=O)NC2CCCC2(C)C(=O)O)CC1. The number of carbonyl (C=O) groups excluding carboxylic acids is 1. The molecule has 0 aromatic carbocycles. The van der Waals surface area contributed by atoms with Crippen molar-refractivity contribution in [3.05, 3.63) is 0 Å². The van der Waals surface area contributed by atoms with Crippen molar-refractivity contribution >= 4 is 12.0 Å². The predicted octanol–water partition coefficient (Wildman–Crippen LogP) is 1.27. The molecule has 2 aliphatic rings. The Kier molecular flexibility index (Phi) is 5.08. The number of hydrogen-bond acceptors (Lipinski definition) is 3. The van der Waals surface area contributed by atoms with Crippen molar-refractivity contribution in [2.24, 2.45) is 11.3 Å². The molecule has 1 aliphatic heterocycles. The quantitative estimate of drug-likeness (QED) is 0.730. The van der Waals surface area contributed by atoms with E-state index in [0.29, 0.717) is 18.9 Å². The molecule has 3 N–H and O–H groups in total. The highest BCUT2D eigenvalue weighted by molar-refractivity contribution is 5.79. The van der Waals surface area contributed by atoms with Crippen LogP contribution in [0.5, 0.6) is 0 Å². The topological polar surface area (TPSA) is 81.7 Å². The number of carbonyl (C=O) groups is 2. The van der Waals surface area contributed by atoms with Gasteiger partial charge in [-0.05, 0) is 58.7 Å². The fraction of sp³-hybridized carbons (Fsp3) is 0.867. The van der Waals surface area contributed by atoms with Crippen LogP contribution in [0, 0.1) is 11.3 Å². The van der Waals surface area contributed by atoms with Crippen LogP contribution in [0.15, 0.2) is 0 Å². The summed E-state index contributed by atoms with van der Waals surface area (Å²) < 4.78 is 0. The Morgan fingerprint density at radius 2 is 1.95 bits per heavy atom. The second-order valence-electron chi connectivity index (χ2n) is 6.77. The first-order valence-electron chi connectivity index (χ1n) is 7.88. The van der Waals surface area contributed by atoms with E-state index in [1.54, 1.807) is 6.92 Å². The Hall–Kier alpha value is -1.30. The van der Waals surface area contributed by atoms with Gasteiger partial charge in [0.15, 0.2) is 0 Å². The van der Waals surface area contributed by atoms with Crippen LogP contribution in [0.1, 0.15) is 39.0 Å². The van der Waals surface area contributed by atoms with E-state index in [1.165, 1.54) is 0 Å². The van der Waals surface area contributed by atoms with Gasteiger partial charge >= 0.3 is 12.0 Å². The summed E-state index contributed by atoms with van der Waals surface area (Å²) in [6.45, 7) is 4.56. The van der Waals surface area contributed by atoms with E-state index >= 15 is 0 Å². The van der Waals surface area contributed by atoms with Gasteiger partial charge in [0.25, 0.3) is 0 Å². The van der Waals surface area contributed by atoms with Crippen LogP contribution in [-0.2, 0) is 4.79 Å². The van der Waals surface area contributed by atoms with Crippen molar-refractivity contribution in [2.45, 2.75) is 45.1 Å². The normalized spacial score (nSPS) is 31.0. The number of carboxylic acid groups (broad SMARTS) is 1. The van der Waals surface area contributed by atoms with Gasteiger partial charge in [0.05, 0.1) is 5.41 Å². The van der Waals surface area contributed by atoms with Gasteiger partial charge in [0, 0.05) is 12.6 Å². The fourth-order valence-electron chi connectivity index (χ4n) is 3.37. The number of hydrogen-bond donors (Lipinski definition) is 3. The zero-order valence-electron chi connectivity index (χ0n) is 13.0. The number of piperidine rings is 1. The Balaban J connectivity index is 1.75. The minimum absolute atomic E-state index is 0.228. The Bertz CT molecular complexity index is 394. The first-order chi connectivity index (χ1) is 9.91. The lowest BCUT2D eigenvalue weighted by Gasteiger charge is -2.30. The van der Waals surface area contributed by atoms with E-state index in [9.17, 15) is 14.7 Å². The number of likely N-dealkylation sites (tertiary alicyclic amines) is 1. The summed E-state index contributed by atoms with van der Waals surface area (Å²) in [5.74, 6) is -0.290. The summed E-state index contributed by atoms with van der Waals surface area (Å²) in [4.78, 5) is 25.7. The summed E-state index contributed by atoms with van der Waals surface area (Å²) in [5.41, 5.74) is -0.828. The summed E-state index contributed by atoms with van der Waals surface area (Å²) >= 11 is 0. The molecule has 1 aliphatic carbocycles. The molecular weight excluding hydrogens is 270 g/mol. The van der Waals surface area contributed by atoms with Crippen molar-refractivity contribution in [1.29, 1.82) is 0 Å². The van der Waals surface area contributed by atoms with Gasteiger partial charge in [-0.2, -0.15) is 0 Å². The largest absolute Gasteiger partial charge is 0.481 e. The zero-order chi connectivity index (χ0) is 15.5. The van der Waals surface area contributed by atoms with Crippen LogP contribution in [0.25, 0.3) is 0 Å². The van der Waals surface area contributed by atoms with Crippen molar-refractivity contribution in [3.8, 4) is 0 Å². The molecule has 2 unspecified atom stereocenters. The number of nitrogens with one attached hydrogen (secondary N) is 2. The zero-order valence-corrected chi connectivity index (χ0v) is 13.0. The molecule has 0 aromatic heterocycles. The maximum atomic E-state index is 12.0. The van der Waals surface area contributed by atoms with Gasteiger partial charge in [-0.15, -0.1) is 0 Å². The monoisotopic (exact) mass is 297 g/mol. The van der Waals surface area contributed by atoms with Crippen LogP contribution < -0.4 is 10.6 Å². The fourth-order valence-corrected chi connectivity index (χ4v) is 3.37. The van der Waals surface area contributed by atoms with Crippen molar-refractivity contribution in [3.63, 3.8) is 0 Å². The van der Waals surface area contributed by atoms with E-state index in [4.69, 9.17) is 0 Å². The first kappa shape index (κ1) is 16.1. The highest BCUT2D eigenvalue weighted by atomic mass is 16.4. The molecule has 2 amide bonds. The molecule has 2 rings (SSSR count). The highest BCUT2D eigenvalue weighted by Gasteiger charge is 2.45. The predicted molar refractivity (Wildman–Crippen MR) is 80.1 cm³/mol. The van der Waals surface area contributed by atoms with Crippen molar-refractivity contribution in [2.75, 3.05) is 26.7 Å². The third-order valence-corrected chi connectivity index (χ3v) is 5.14. The maximum Gasteiger partial charge on any atom is 0.315 e. The second kappa shape index (κ2) is 6.64. The summed E-state index contributed by atoms with van der Waals surface area (Å²) in [7, 11) is 2.11. The first-order valence-corrected chi connectivity index (χ1v) is 7.88. The molecule has 120 valence electrons. The van der Waals surface area contributed by atoms with Gasteiger partial charge in [0.2, 0.25) is 0 Å². The Morgan fingerprint density at radius 3 is 2.57 bits per heavy atom. The van der Waals surface area contributed by atoms with Crippen LogP contribution in [0.3, 0.4) is 0 Å². The smallest absolute Gasteiger partial charge is 0.315 e. The molecular formula is C15H27N3O3. The van der Waals surface area contributed by atoms with E-state index in [1.807, 2.05) is 0 Å². The summed E-state index contributed by atoms with van der Waals surface area (Å²) in [5, 5.41) is 15.1.